The molecule has 0 fully saturated rings. The summed E-state index contributed by atoms with van der Waals surface area (Å²) in [7, 11) is 1.60. The Balaban J connectivity index is 3.04. The molecule has 1 aromatic rings. The molecule has 2 N–H and O–H groups in total. The van der Waals surface area contributed by atoms with Crippen LogP contribution in [0.3, 0.4) is 0 Å². The standard InChI is InChI=1S/C6H7IN2O/c1-10-4-2-5(7)6(8)9-3-4/h2-3H,1H3,(H2,8,9). The number of hydrogen-bond donors (Lipinski definition) is 1. The number of halogens is 1. The minimum absolute atomic E-state index is 0.543. The monoisotopic (exact) mass is 250 g/mol. The van der Waals surface area contributed by atoms with E-state index in [-0.39, 0.29) is 0 Å². The molecule has 0 saturated carbocycles. The number of methoxy groups -OCH3 is 1. The van der Waals surface area contributed by atoms with Crippen LogP contribution in [0.25, 0.3) is 0 Å². The molecule has 0 aliphatic rings. The molecule has 4 heteroatoms. The molecule has 0 aliphatic carbocycles. The van der Waals surface area contributed by atoms with E-state index in [0.29, 0.717) is 5.82 Å². The van der Waals surface area contributed by atoms with E-state index in [1.165, 1.54) is 0 Å². The predicted molar refractivity (Wildman–Crippen MR) is 47.9 cm³/mol. The van der Waals surface area contributed by atoms with Crippen LogP contribution in [-0.2, 0) is 0 Å². The van der Waals surface area contributed by atoms with Crippen molar-refractivity contribution in [2.24, 2.45) is 0 Å². The molecule has 0 bridgehead atoms. The fraction of sp³-hybridized carbons (Fsp3) is 0.167. The highest BCUT2D eigenvalue weighted by molar-refractivity contribution is 14.1. The first-order chi connectivity index (χ1) is 4.74. The van der Waals surface area contributed by atoms with E-state index in [1.54, 1.807) is 13.3 Å². The topological polar surface area (TPSA) is 48.1 Å². The van der Waals surface area contributed by atoms with Crippen LogP contribution >= 0.6 is 22.6 Å². The number of hydrogen-bond acceptors (Lipinski definition) is 3. The molecule has 0 spiro atoms. The molecule has 1 heterocycles. The van der Waals surface area contributed by atoms with Gasteiger partial charge in [0.25, 0.3) is 0 Å². The molecule has 0 radical (unpaired) electrons. The van der Waals surface area contributed by atoms with Gasteiger partial charge in [-0.25, -0.2) is 4.98 Å². The summed E-state index contributed by atoms with van der Waals surface area (Å²) >= 11 is 2.11. The first kappa shape index (κ1) is 7.59. The Morgan fingerprint density at radius 2 is 2.40 bits per heavy atom. The average molecular weight is 250 g/mol. The lowest BCUT2D eigenvalue weighted by Crippen LogP contribution is -1.94. The van der Waals surface area contributed by atoms with E-state index < -0.39 is 0 Å². The Kier molecular flexibility index (Phi) is 2.31. The molecule has 10 heavy (non-hydrogen) atoms. The third kappa shape index (κ3) is 1.50. The Labute approximate surface area is 72.7 Å². The van der Waals surface area contributed by atoms with Crippen molar-refractivity contribution in [3.63, 3.8) is 0 Å². The maximum Gasteiger partial charge on any atom is 0.138 e. The summed E-state index contributed by atoms with van der Waals surface area (Å²) in [5.74, 6) is 1.28. The first-order valence-electron chi connectivity index (χ1n) is 2.69. The number of aromatic nitrogens is 1. The van der Waals surface area contributed by atoms with Gasteiger partial charge in [-0.2, -0.15) is 0 Å². The highest BCUT2D eigenvalue weighted by atomic mass is 127. The molecular formula is C6H7IN2O. The zero-order valence-electron chi connectivity index (χ0n) is 5.47. The zero-order chi connectivity index (χ0) is 7.56. The molecule has 1 rings (SSSR count). The van der Waals surface area contributed by atoms with Crippen molar-refractivity contribution in [3.05, 3.63) is 15.8 Å². The van der Waals surface area contributed by atoms with Crippen molar-refractivity contribution in [1.29, 1.82) is 0 Å². The lowest BCUT2D eigenvalue weighted by atomic mass is 10.4. The number of ether oxygens (including phenoxy) is 1. The first-order valence-corrected chi connectivity index (χ1v) is 3.77. The third-order valence-corrected chi connectivity index (χ3v) is 1.94. The Bertz CT molecular complexity index is 239. The van der Waals surface area contributed by atoms with Gasteiger partial charge in [0.1, 0.15) is 11.6 Å². The number of nitrogen functional groups attached to an aromatic ring is 1. The molecule has 0 aliphatic heterocycles. The van der Waals surface area contributed by atoms with E-state index in [1.807, 2.05) is 6.07 Å². The molecule has 0 amide bonds. The van der Waals surface area contributed by atoms with Gasteiger partial charge in [0, 0.05) is 0 Å². The van der Waals surface area contributed by atoms with Crippen LogP contribution < -0.4 is 10.5 Å². The molecular weight excluding hydrogens is 243 g/mol. The lowest BCUT2D eigenvalue weighted by Gasteiger charge is -2.00. The fourth-order valence-electron chi connectivity index (χ4n) is 0.543. The second-order valence-electron chi connectivity index (χ2n) is 1.74. The smallest absolute Gasteiger partial charge is 0.138 e. The average Bonchev–Trinajstić information content (AvgIpc) is 1.95. The van der Waals surface area contributed by atoms with Crippen LogP contribution in [0.15, 0.2) is 12.3 Å². The molecule has 1 aromatic heterocycles. The van der Waals surface area contributed by atoms with Gasteiger partial charge in [0.05, 0.1) is 16.9 Å². The number of rotatable bonds is 1. The van der Waals surface area contributed by atoms with Crippen molar-refractivity contribution in [1.82, 2.24) is 4.98 Å². The highest BCUT2D eigenvalue weighted by Crippen LogP contribution is 2.17. The van der Waals surface area contributed by atoms with Crippen molar-refractivity contribution in [3.8, 4) is 5.75 Å². The summed E-state index contributed by atoms with van der Waals surface area (Å²) < 4.78 is 5.84. The maximum atomic E-state index is 5.47. The van der Waals surface area contributed by atoms with Crippen molar-refractivity contribution >= 4 is 28.4 Å². The van der Waals surface area contributed by atoms with Crippen molar-refractivity contribution in [2.45, 2.75) is 0 Å². The normalized spacial score (nSPS) is 9.40. The van der Waals surface area contributed by atoms with E-state index >= 15 is 0 Å². The Hall–Kier alpha value is -0.520. The van der Waals surface area contributed by atoms with Gasteiger partial charge in [-0.05, 0) is 28.7 Å². The predicted octanol–water partition coefficient (Wildman–Crippen LogP) is 1.28. The van der Waals surface area contributed by atoms with Crippen LogP contribution in [0.4, 0.5) is 5.82 Å². The third-order valence-electron chi connectivity index (χ3n) is 1.08. The fourth-order valence-corrected chi connectivity index (χ4v) is 0.989. The highest BCUT2D eigenvalue weighted by Gasteiger charge is 1.97. The molecule has 0 aromatic carbocycles. The van der Waals surface area contributed by atoms with Gasteiger partial charge in [-0.15, -0.1) is 0 Å². The van der Waals surface area contributed by atoms with Gasteiger partial charge in [0.15, 0.2) is 0 Å². The molecule has 0 saturated heterocycles. The Morgan fingerprint density at radius 1 is 1.70 bits per heavy atom. The molecule has 54 valence electrons. The second kappa shape index (κ2) is 3.05. The molecule has 0 unspecified atom stereocenters. The molecule has 3 nitrogen and oxygen atoms in total. The molecule has 0 atom stereocenters. The zero-order valence-corrected chi connectivity index (χ0v) is 7.62. The van der Waals surface area contributed by atoms with Crippen LogP contribution in [0.1, 0.15) is 0 Å². The SMILES string of the molecule is COc1cnc(N)c(I)c1. The number of anilines is 1. The van der Waals surface area contributed by atoms with Gasteiger partial charge < -0.3 is 10.5 Å². The minimum Gasteiger partial charge on any atom is -0.495 e. The number of nitrogens with two attached hydrogens (primary N) is 1. The van der Waals surface area contributed by atoms with E-state index in [2.05, 4.69) is 27.6 Å². The van der Waals surface area contributed by atoms with Crippen LogP contribution in [-0.4, -0.2) is 12.1 Å². The summed E-state index contributed by atoms with van der Waals surface area (Å²) in [4.78, 5) is 3.89. The summed E-state index contributed by atoms with van der Waals surface area (Å²) in [5.41, 5.74) is 5.47. The maximum absolute atomic E-state index is 5.47. The largest absolute Gasteiger partial charge is 0.495 e. The van der Waals surface area contributed by atoms with E-state index in [4.69, 9.17) is 10.5 Å². The summed E-state index contributed by atoms with van der Waals surface area (Å²) in [6.07, 6.45) is 1.59. The van der Waals surface area contributed by atoms with Crippen molar-refractivity contribution in [2.75, 3.05) is 12.8 Å². The van der Waals surface area contributed by atoms with Crippen LogP contribution in [0, 0.1) is 3.57 Å². The van der Waals surface area contributed by atoms with E-state index in [0.717, 1.165) is 9.32 Å². The minimum atomic E-state index is 0.543. The van der Waals surface area contributed by atoms with Gasteiger partial charge in [-0.1, -0.05) is 0 Å². The van der Waals surface area contributed by atoms with Gasteiger partial charge >= 0.3 is 0 Å². The quantitative estimate of drug-likeness (QED) is 0.763. The summed E-state index contributed by atoms with van der Waals surface area (Å²) in [6, 6.07) is 1.84. The summed E-state index contributed by atoms with van der Waals surface area (Å²) in [6.45, 7) is 0. The van der Waals surface area contributed by atoms with Gasteiger partial charge in [0.2, 0.25) is 0 Å². The number of nitrogens with zero attached hydrogens (tertiary/aromatic N) is 1. The summed E-state index contributed by atoms with van der Waals surface area (Å²) in [5, 5.41) is 0. The van der Waals surface area contributed by atoms with Crippen LogP contribution in [0.5, 0.6) is 5.75 Å². The lowest BCUT2D eigenvalue weighted by molar-refractivity contribution is 0.412. The number of pyridine rings is 1. The van der Waals surface area contributed by atoms with E-state index in [9.17, 15) is 0 Å². The van der Waals surface area contributed by atoms with Gasteiger partial charge in [-0.3, -0.25) is 0 Å². The van der Waals surface area contributed by atoms with Crippen molar-refractivity contribution < 1.29 is 4.74 Å². The second-order valence-corrected chi connectivity index (χ2v) is 2.90. The Morgan fingerprint density at radius 3 is 2.90 bits per heavy atom. The van der Waals surface area contributed by atoms with Crippen LogP contribution in [0.2, 0.25) is 0 Å².